The minimum absolute atomic E-state index is 0.119. The second kappa shape index (κ2) is 7.06. The van der Waals surface area contributed by atoms with Crippen LogP contribution in [-0.2, 0) is 20.6 Å². The van der Waals surface area contributed by atoms with Gasteiger partial charge in [0.05, 0.1) is 18.1 Å². The summed E-state index contributed by atoms with van der Waals surface area (Å²) in [4.78, 5) is 41.8. The lowest BCUT2D eigenvalue weighted by molar-refractivity contribution is 0.0952. The maximum atomic E-state index is 12.8. The quantitative estimate of drug-likeness (QED) is 0.738. The van der Waals surface area contributed by atoms with E-state index >= 15 is 0 Å². The number of hydrogen-bond acceptors (Lipinski definition) is 5. The Labute approximate surface area is 155 Å². The molecule has 0 atom stereocenters. The number of carbonyl (C=O) groups excluding carboxylic acids is 1. The maximum absolute atomic E-state index is 12.8. The highest BCUT2D eigenvalue weighted by atomic mass is 16.5. The number of amides is 1. The molecule has 2 heterocycles. The van der Waals surface area contributed by atoms with E-state index in [1.54, 1.807) is 20.1 Å². The van der Waals surface area contributed by atoms with Crippen molar-refractivity contribution in [3.63, 3.8) is 0 Å². The van der Waals surface area contributed by atoms with Gasteiger partial charge in [0.2, 0.25) is 0 Å². The number of carbonyl (C=O) groups is 1. The van der Waals surface area contributed by atoms with Crippen LogP contribution in [0.5, 0.6) is 5.75 Å². The zero-order valence-electron chi connectivity index (χ0n) is 15.6. The van der Waals surface area contributed by atoms with Crippen molar-refractivity contribution in [2.45, 2.75) is 13.5 Å². The molecular weight excluding hydrogens is 348 g/mol. The fourth-order valence-corrected chi connectivity index (χ4v) is 2.92. The molecule has 3 rings (SSSR count). The number of ether oxygens (including phenoxy) is 1. The molecule has 0 fully saturated rings. The van der Waals surface area contributed by atoms with E-state index in [0.29, 0.717) is 11.4 Å². The first-order valence-corrected chi connectivity index (χ1v) is 8.32. The topological polar surface area (TPSA) is 95.2 Å². The summed E-state index contributed by atoms with van der Waals surface area (Å²) in [6, 6.07) is 8.88. The third-order valence-electron chi connectivity index (χ3n) is 4.37. The zero-order chi connectivity index (χ0) is 19.7. The van der Waals surface area contributed by atoms with Crippen molar-refractivity contribution in [1.29, 1.82) is 0 Å². The molecule has 140 valence electrons. The molecule has 0 aliphatic rings. The van der Waals surface area contributed by atoms with E-state index in [9.17, 15) is 14.4 Å². The first kappa shape index (κ1) is 18.4. The van der Waals surface area contributed by atoms with Crippen molar-refractivity contribution >= 4 is 16.9 Å². The fourth-order valence-electron chi connectivity index (χ4n) is 2.92. The van der Waals surface area contributed by atoms with Crippen LogP contribution >= 0.6 is 0 Å². The van der Waals surface area contributed by atoms with Gasteiger partial charge in [0.25, 0.3) is 11.5 Å². The molecule has 0 radical (unpaired) electrons. The summed E-state index contributed by atoms with van der Waals surface area (Å²) in [5.41, 5.74) is 0.738. The lowest BCUT2D eigenvalue weighted by atomic mass is 10.1. The molecule has 8 heteroatoms. The Morgan fingerprint density at radius 3 is 2.63 bits per heavy atom. The van der Waals surface area contributed by atoms with Gasteiger partial charge in [-0.3, -0.25) is 18.7 Å². The number of hydrogen-bond donors (Lipinski definition) is 1. The van der Waals surface area contributed by atoms with E-state index in [1.807, 2.05) is 24.3 Å². The van der Waals surface area contributed by atoms with Crippen molar-refractivity contribution in [1.82, 2.24) is 19.4 Å². The van der Waals surface area contributed by atoms with Gasteiger partial charge in [-0.15, -0.1) is 0 Å². The van der Waals surface area contributed by atoms with Gasteiger partial charge in [0, 0.05) is 26.3 Å². The molecule has 0 unspecified atom stereocenters. The summed E-state index contributed by atoms with van der Waals surface area (Å²) in [6.07, 6.45) is 0. The van der Waals surface area contributed by atoms with E-state index in [-0.39, 0.29) is 23.1 Å². The summed E-state index contributed by atoms with van der Waals surface area (Å²) in [5.74, 6) is 0.278. The Balaban J connectivity index is 2.04. The van der Waals surface area contributed by atoms with Gasteiger partial charge in [-0.2, -0.15) is 0 Å². The highest BCUT2D eigenvalue weighted by Gasteiger charge is 2.19. The summed E-state index contributed by atoms with van der Waals surface area (Å²) >= 11 is 0. The minimum Gasteiger partial charge on any atom is -0.497 e. The SMILES string of the molecule is COc1cccc(CNC(=O)c2cc(C)nc3c2c(=O)n(C)c(=O)n3C)c1. The molecule has 0 bridgehead atoms. The van der Waals surface area contributed by atoms with Gasteiger partial charge >= 0.3 is 5.69 Å². The van der Waals surface area contributed by atoms with E-state index < -0.39 is 17.2 Å². The maximum Gasteiger partial charge on any atom is 0.332 e. The van der Waals surface area contributed by atoms with Crippen LogP contribution in [0.4, 0.5) is 0 Å². The number of nitrogens with one attached hydrogen (secondary N) is 1. The van der Waals surface area contributed by atoms with Crippen LogP contribution in [0.25, 0.3) is 11.0 Å². The smallest absolute Gasteiger partial charge is 0.332 e. The van der Waals surface area contributed by atoms with E-state index in [0.717, 1.165) is 10.1 Å². The molecule has 27 heavy (non-hydrogen) atoms. The van der Waals surface area contributed by atoms with Gasteiger partial charge in [0.1, 0.15) is 11.4 Å². The van der Waals surface area contributed by atoms with Crippen LogP contribution < -0.4 is 21.3 Å². The number of rotatable bonds is 4. The third kappa shape index (κ3) is 3.33. The molecule has 0 saturated heterocycles. The molecule has 0 aliphatic carbocycles. The van der Waals surface area contributed by atoms with Crippen molar-refractivity contribution < 1.29 is 9.53 Å². The van der Waals surface area contributed by atoms with Crippen LogP contribution in [0.3, 0.4) is 0 Å². The molecule has 1 N–H and O–H groups in total. The Bertz CT molecular complexity index is 1160. The van der Waals surface area contributed by atoms with Gasteiger partial charge in [-0.05, 0) is 30.7 Å². The van der Waals surface area contributed by atoms with E-state index in [2.05, 4.69) is 10.3 Å². The van der Waals surface area contributed by atoms with Gasteiger partial charge in [0.15, 0.2) is 0 Å². The molecule has 2 aromatic heterocycles. The summed E-state index contributed by atoms with van der Waals surface area (Å²) in [6.45, 7) is 1.98. The van der Waals surface area contributed by atoms with Crippen LogP contribution in [0, 0.1) is 6.92 Å². The lowest BCUT2D eigenvalue weighted by Crippen LogP contribution is -2.38. The Kier molecular flexibility index (Phi) is 4.81. The van der Waals surface area contributed by atoms with Crippen molar-refractivity contribution in [2.24, 2.45) is 14.1 Å². The number of aromatic nitrogens is 3. The molecule has 8 nitrogen and oxygen atoms in total. The monoisotopic (exact) mass is 368 g/mol. The molecule has 0 aliphatic heterocycles. The summed E-state index contributed by atoms with van der Waals surface area (Å²) < 4.78 is 7.41. The Hall–Kier alpha value is -3.42. The molecular formula is C19H20N4O4. The van der Waals surface area contributed by atoms with Crippen molar-refractivity contribution in [2.75, 3.05) is 7.11 Å². The average Bonchev–Trinajstić information content (AvgIpc) is 2.68. The van der Waals surface area contributed by atoms with Gasteiger partial charge in [-0.25, -0.2) is 9.78 Å². The molecule has 1 aromatic carbocycles. The number of aryl methyl sites for hydroxylation is 2. The average molecular weight is 368 g/mol. The summed E-state index contributed by atoms with van der Waals surface area (Å²) in [5, 5.41) is 2.93. The number of methoxy groups -OCH3 is 1. The molecule has 1 amide bonds. The number of benzene rings is 1. The first-order chi connectivity index (χ1) is 12.8. The van der Waals surface area contributed by atoms with Crippen molar-refractivity contribution in [3.05, 3.63) is 68.0 Å². The standard InChI is InChI=1S/C19H20N4O4/c1-11-8-14(15-16(21-11)22(2)19(26)23(3)18(15)25)17(24)20-10-12-6-5-7-13(9-12)27-4/h5-9H,10H2,1-4H3,(H,20,24). The second-order valence-corrected chi connectivity index (χ2v) is 6.25. The van der Waals surface area contributed by atoms with Gasteiger partial charge < -0.3 is 10.1 Å². The second-order valence-electron chi connectivity index (χ2n) is 6.25. The van der Waals surface area contributed by atoms with Crippen molar-refractivity contribution in [3.8, 4) is 5.75 Å². The normalized spacial score (nSPS) is 10.8. The summed E-state index contributed by atoms with van der Waals surface area (Å²) in [7, 11) is 4.47. The zero-order valence-corrected chi connectivity index (χ0v) is 15.6. The number of fused-ring (bicyclic) bond motifs is 1. The largest absolute Gasteiger partial charge is 0.497 e. The highest BCUT2D eigenvalue weighted by Crippen LogP contribution is 2.15. The van der Waals surface area contributed by atoms with Crippen LogP contribution in [0.1, 0.15) is 21.6 Å². The highest BCUT2D eigenvalue weighted by molar-refractivity contribution is 6.05. The van der Waals surface area contributed by atoms with Gasteiger partial charge in [-0.1, -0.05) is 12.1 Å². The molecule has 0 spiro atoms. The lowest BCUT2D eigenvalue weighted by Gasteiger charge is -2.12. The van der Waals surface area contributed by atoms with E-state index in [4.69, 9.17) is 4.74 Å². The number of nitrogens with zero attached hydrogens (tertiary/aromatic N) is 3. The minimum atomic E-state index is -0.549. The predicted molar refractivity (Wildman–Crippen MR) is 101 cm³/mol. The molecule has 0 saturated carbocycles. The predicted octanol–water partition coefficient (Wildman–Crippen LogP) is 0.879. The third-order valence-corrected chi connectivity index (χ3v) is 4.37. The fraction of sp³-hybridized carbons (Fsp3) is 0.263. The van der Waals surface area contributed by atoms with Crippen LogP contribution in [0.2, 0.25) is 0 Å². The van der Waals surface area contributed by atoms with E-state index in [1.165, 1.54) is 18.7 Å². The Morgan fingerprint density at radius 2 is 1.93 bits per heavy atom. The van der Waals surface area contributed by atoms with Crippen LogP contribution in [0.15, 0.2) is 39.9 Å². The first-order valence-electron chi connectivity index (χ1n) is 8.32. The number of pyridine rings is 1. The molecule has 3 aromatic rings. The Morgan fingerprint density at radius 1 is 1.19 bits per heavy atom. The van der Waals surface area contributed by atoms with Crippen LogP contribution in [-0.4, -0.2) is 27.1 Å².